The van der Waals surface area contributed by atoms with Crippen LogP contribution in [-0.2, 0) is 13.1 Å². The van der Waals surface area contributed by atoms with Gasteiger partial charge in [0.1, 0.15) is 5.75 Å². The normalized spacial score (nSPS) is 11.1. The molecule has 3 N–H and O–H groups in total. The molecule has 0 spiro atoms. The average molecular weight is 236 g/mol. The van der Waals surface area contributed by atoms with E-state index in [4.69, 9.17) is 5.73 Å². The van der Waals surface area contributed by atoms with Gasteiger partial charge in [0.15, 0.2) is 0 Å². The molecule has 3 heteroatoms. The molecule has 0 heterocycles. The number of phenolic OH excluding ortho intramolecular Hbond substituents is 1. The average Bonchev–Trinajstić information content (AvgIpc) is 2.32. The van der Waals surface area contributed by atoms with Crippen molar-refractivity contribution in [2.24, 2.45) is 5.73 Å². The maximum absolute atomic E-state index is 9.85. The lowest BCUT2D eigenvalue weighted by atomic mass is 10.1. The molecule has 0 saturated heterocycles. The van der Waals surface area contributed by atoms with Crippen molar-refractivity contribution in [1.29, 1.82) is 0 Å². The first kappa shape index (κ1) is 14.0. The zero-order valence-corrected chi connectivity index (χ0v) is 10.9. The van der Waals surface area contributed by atoms with Gasteiger partial charge in [0, 0.05) is 18.7 Å². The van der Waals surface area contributed by atoms with Crippen molar-refractivity contribution < 1.29 is 5.11 Å². The second kappa shape index (κ2) is 7.30. The minimum absolute atomic E-state index is 0.374. The molecule has 3 nitrogen and oxygen atoms in total. The van der Waals surface area contributed by atoms with Crippen LogP contribution in [0.3, 0.4) is 0 Å². The highest BCUT2D eigenvalue weighted by Gasteiger charge is 2.08. The van der Waals surface area contributed by atoms with E-state index in [0.29, 0.717) is 12.3 Å². The second-order valence-electron chi connectivity index (χ2n) is 4.44. The summed E-state index contributed by atoms with van der Waals surface area (Å²) in [5, 5.41) is 9.85. The molecule has 1 aromatic carbocycles. The minimum atomic E-state index is 0.374. The van der Waals surface area contributed by atoms with E-state index in [1.165, 1.54) is 0 Å². The molecular formula is C14H24N2O. The number of benzene rings is 1. The fraction of sp³-hybridized carbons (Fsp3) is 0.571. The number of hydrogen-bond donors (Lipinski definition) is 2. The lowest BCUT2D eigenvalue weighted by Crippen LogP contribution is -2.25. The molecular weight excluding hydrogens is 212 g/mol. The molecule has 0 bridgehead atoms. The van der Waals surface area contributed by atoms with Gasteiger partial charge in [-0.25, -0.2) is 0 Å². The number of rotatable bonds is 7. The molecule has 0 unspecified atom stereocenters. The van der Waals surface area contributed by atoms with E-state index in [9.17, 15) is 5.11 Å². The van der Waals surface area contributed by atoms with E-state index in [1.54, 1.807) is 6.07 Å². The molecule has 0 aliphatic heterocycles. The van der Waals surface area contributed by atoms with E-state index in [-0.39, 0.29) is 0 Å². The molecule has 0 aliphatic carbocycles. The largest absolute Gasteiger partial charge is 0.508 e. The van der Waals surface area contributed by atoms with Crippen LogP contribution in [0.25, 0.3) is 0 Å². The molecule has 1 rings (SSSR count). The van der Waals surface area contributed by atoms with E-state index in [1.807, 2.05) is 12.1 Å². The number of aromatic hydroxyl groups is 1. The molecule has 0 amide bonds. The predicted molar refractivity (Wildman–Crippen MR) is 71.9 cm³/mol. The van der Waals surface area contributed by atoms with Gasteiger partial charge < -0.3 is 10.8 Å². The molecule has 1 aromatic rings. The van der Waals surface area contributed by atoms with Gasteiger partial charge in [-0.1, -0.05) is 19.9 Å². The van der Waals surface area contributed by atoms with Crippen molar-refractivity contribution in [1.82, 2.24) is 4.90 Å². The van der Waals surface area contributed by atoms with Crippen molar-refractivity contribution in [3.05, 3.63) is 29.3 Å². The molecule has 17 heavy (non-hydrogen) atoms. The van der Waals surface area contributed by atoms with Crippen LogP contribution >= 0.6 is 0 Å². The van der Waals surface area contributed by atoms with Crippen molar-refractivity contribution >= 4 is 0 Å². The Bertz CT molecular complexity index is 333. The quantitative estimate of drug-likeness (QED) is 0.764. The first-order chi connectivity index (χ1) is 8.21. The van der Waals surface area contributed by atoms with Crippen LogP contribution in [-0.4, -0.2) is 23.1 Å². The van der Waals surface area contributed by atoms with Gasteiger partial charge in [-0.3, -0.25) is 4.90 Å². The SMILES string of the molecule is CCCN(CCC)Cc1cc(CN)ccc1O. The Balaban J connectivity index is 2.76. The lowest BCUT2D eigenvalue weighted by Gasteiger charge is -2.21. The van der Waals surface area contributed by atoms with Crippen LogP contribution in [0, 0.1) is 0 Å². The molecule has 96 valence electrons. The summed E-state index contributed by atoms with van der Waals surface area (Å²) in [4.78, 5) is 2.37. The van der Waals surface area contributed by atoms with Gasteiger partial charge in [-0.15, -0.1) is 0 Å². The third kappa shape index (κ3) is 4.36. The minimum Gasteiger partial charge on any atom is -0.508 e. The van der Waals surface area contributed by atoms with Crippen LogP contribution in [0.2, 0.25) is 0 Å². The lowest BCUT2D eigenvalue weighted by molar-refractivity contribution is 0.262. The summed E-state index contributed by atoms with van der Waals surface area (Å²) < 4.78 is 0. The maximum atomic E-state index is 9.85. The zero-order valence-electron chi connectivity index (χ0n) is 10.9. The molecule has 0 aliphatic rings. The first-order valence-corrected chi connectivity index (χ1v) is 6.44. The first-order valence-electron chi connectivity index (χ1n) is 6.44. The van der Waals surface area contributed by atoms with Crippen molar-refractivity contribution in [2.45, 2.75) is 39.8 Å². The maximum Gasteiger partial charge on any atom is 0.120 e. The number of nitrogens with zero attached hydrogens (tertiary/aromatic N) is 1. The van der Waals surface area contributed by atoms with Gasteiger partial charge in [0.05, 0.1) is 0 Å². The standard InChI is InChI=1S/C14H24N2O/c1-3-7-16(8-4-2)11-13-9-12(10-15)5-6-14(13)17/h5-6,9,17H,3-4,7-8,10-11,15H2,1-2H3. The Kier molecular flexibility index (Phi) is 6.01. The molecule has 0 atom stereocenters. The monoisotopic (exact) mass is 236 g/mol. The van der Waals surface area contributed by atoms with Gasteiger partial charge in [-0.2, -0.15) is 0 Å². The third-order valence-electron chi connectivity index (χ3n) is 2.85. The van der Waals surface area contributed by atoms with Gasteiger partial charge in [-0.05, 0) is 43.6 Å². The van der Waals surface area contributed by atoms with Crippen LogP contribution in [0.1, 0.15) is 37.8 Å². The Morgan fingerprint density at radius 1 is 1.18 bits per heavy atom. The topological polar surface area (TPSA) is 49.5 Å². The summed E-state index contributed by atoms with van der Waals surface area (Å²) in [6.45, 7) is 7.83. The van der Waals surface area contributed by atoms with E-state index in [2.05, 4.69) is 18.7 Å². The van der Waals surface area contributed by atoms with Crippen LogP contribution in [0.15, 0.2) is 18.2 Å². The Hall–Kier alpha value is -1.06. The summed E-state index contributed by atoms with van der Waals surface area (Å²) in [6.07, 6.45) is 2.27. The van der Waals surface area contributed by atoms with Crippen LogP contribution < -0.4 is 5.73 Å². The Morgan fingerprint density at radius 3 is 2.35 bits per heavy atom. The fourth-order valence-corrected chi connectivity index (χ4v) is 2.04. The summed E-state index contributed by atoms with van der Waals surface area (Å²) in [5.41, 5.74) is 7.68. The number of hydrogen-bond acceptors (Lipinski definition) is 3. The summed E-state index contributed by atoms with van der Waals surface area (Å²) in [6, 6.07) is 5.63. The Labute approximate surface area is 104 Å². The number of nitrogens with two attached hydrogens (primary N) is 1. The van der Waals surface area contributed by atoms with Gasteiger partial charge >= 0.3 is 0 Å². The Morgan fingerprint density at radius 2 is 1.82 bits per heavy atom. The summed E-state index contributed by atoms with van der Waals surface area (Å²) in [7, 11) is 0. The highest BCUT2D eigenvalue weighted by molar-refractivity contribution is 5.36. The van der Waals surface area contributed by atoms with E-state index >= 15 is 0 Å². The van der Waals surface area contributed by atoms with E-state index < -0.39 is 0 Å². The third-order valence-corrected chi connectivity index (χ3v) is 2.85. The van der Waals surface area contributed by atoms with Gasteiger partial charge in [0.2, 0.25) is 0 Å². The summed E-state index contributed by atoms with van der Waals surface area (Å²) >= 11 is 0. The smallest absolute Gasteiger partial charge is 0.120 e. The molecule has 0 radical (unpaired) electrons. The molecule has 0 fully saturated rings. The number of phenols is 1. The molecule has 0 aromatic heterocycles. The van der Waals surface area contributed by atoms with Crippen LogP contribution in [0.4, 0.5) is 0 Å². The van der Waals surface area contributed by atoms with Crippen molar-refractivity contribution in [2.75, 3.05) is 13.1 Å². The zero-order chi connectivity index (χ0) is 12.7. The predicted octanol–water partition coefficient (Wildman–Crippen LogP) is 2.47. The van der Waals surface area contributed by atoms with Crippen molar-refractivity contribution in [3.8, 4) is 5.75 Å². The second-order valence-corrected chi connectivity index (χ2v) is 4.44. The fourth-order valence-electron chi connectivity index (χ4n) is 2.04. The molecule has 0 saturated carbocycles. The van der Waals surface area contributed by atoms with Crippen LogP contribution in [0.5, 0.6) is 5.75 Å². The highest BCUT2D eigenvalue weighted by Crippen LogP contribution is 2.20. The van der Waals surface area contributed by atoms with E-state index in [0.717, 1.165) is 43.6 Å². The van der Waals surface area contributed by atoms with Crippen molar-refractivity contribution in [3.63, 3.8) is 0 Å². The highest BCUT2D eigenvalue weighted by atomic mass is 16.3. The summed E-state index contributed by atoms with van der Waals surface area (Å²) in [5.74, 6) is 0.374. The van der Waals surface area contributed by atoms with Gasteiger partial charge in [0.25, 0.3) is 0 Å².